The molecule has 0 radical (unpaired) electrons. The molecular weight excluding hydrogens is 160 g/mol. The maximum absolute atomic E-state index is 9.93. The zero-order valence-electron chi connectivity index (χ0n) is 4.80. The van der Waals surface area contributed by atoms with Gasteiger partial charge in [-0.2, -0.15) is 0 Å². The molecular formula is C4H6O5S. The summed E-state index contributed by atoms with van der Waals surface area (Å²) in [5.41, 5.74) is -1.63. The van der Waals surface area contributed by atoms with E-state index >= 15 is 0 Å². The third-order valence-electron chi connectivity index (χ3n) is 0.610. The topological polar surface area (TPSA) is 94.8 Å². The molecule has 0 aliphatic carbocycles. The summed E-state index contributed by atoms with van der Waals surface area (Å²) in [5.74, 6) is -1.27. The summed E-state index contributed by atoms with van der Waals surface area (Å²) >= 11 is -2.42. The first-order valence-electron chi connectivity index (χ1n) is 2.23. The lowest BCUT2D eigenvalue weighted by atomic mass is 10.5. The van der Waals surface area contributed by atoms with Crippen LogP contribution in [0.25, 0.3) is 0 Å². The molecule has 5 nitrogen and oxygen atoms in total. The van der Waals surface area contributed by atoms with Gasteiger partial charge in [-0.25, -0.2) is 9.00 Å². The lowest BCUT2D eigenvalue weighted by Crippen LogP contribution is -2.09. The lowest BCUT2D eigenvalue weighted by Gasteiger charge is -1.94. The zero-order valence-corrected chi connectivity index (χ0v) is 5.61. The highest BCUT2D eigenvalue weighted by Gasteiger charge is 2.04. The molecule has 2 unspecified atom stereocenters. The van der Waals surface area contributed by atoms with Crippen molar-refractivity contribution < 1.29 is 23.8 Å². The highest BCUT2D eigenvalue weighted by molar-refractivity contribution is 7.79. The predicted octanol–water partition coefficient (Wildman–Crippen LogP) is -0.833. The summed E-state index contributed by atoms with van der Waals surface area (Å²) < 4.78 is 18.0. The molecule has 3 N–H and O–H groups in total. The Morgan fingerprint density at radius 2 is 2.10 bits per heavy atom. The van der Waals surface area contributed by atoms with Gasteiger partial charge in [-0.1, -0.05) is 0 Å². The van der Waals surface area contributed by atoms with E-state index < -0.39 is 22.5 Å². The van der Waals surface area contributed by atoms with Crippen LogP contribution in [0, 0.1) is 0 Å². The Balaban J connectivity index is 3.89. The third kappa shape index (κ3) is 4.19. The van der Waals surface area contributed by atoms with Gasteiger partial charge in [0.05, 0.1) is 0 Å². The van der Waals surface area contributed by atoms with Crippen molar-refractivity contribution in [2.24, 2.45) is 0 Å². The minimum atomic E-state index is -2.42. The van der Waals surface area contributed by atoms with Gasteiger partial charge in [0.15, 0.2) is 16.5 Å². The van der Waals surface area contributed by atoms with Gasteiger partial charge in [-0.3, -0.25) is 0 Å². The van der Waals surface area contributed by atoms with Crippen molar-refractivity contribution >= 4 is 17.0 Å². The Bertz CT molecular complexity index is 174. The van der Waals surface area contributed by atoms with Gasteiger partial charge in [0.2, 0.25) is 0 Å². The molecule has 0 rings (SSSR count). The van der Waals surface area contributed by atoms with Gasteiger partial charge < -0.3 is 14.8 Å². The van der Waals surface area contributed by atoms with Gasteiger partial charge in [0.25, 0.3) is 0 Å². The van der Waals surface area contributed by atoms with Crippen LogP contribution in [0.5, 0.6) is 0 Å². The van der Waals surface area contributed by atoms with Crippen LogP contribution in [0.2, 0.25) is 0 Å². The Labute approximate surface area is 59.3 Å². The largest absolute Gasteiger partial charge is 0.478 e. The minimum absolute atomic E-state index is 0.596. The van der Waals surface area contributed by atoms with E-state index in [-0.39, 0.29) is 0 Å². The molecule has 0 fully saturated rings. The normalized spacial score (nSPS) is 17.0. The van der Waals surface area contributed by atoms with Gasteiger partial charge >= 0.3 is 5.97 Å². The van der Waals surface area contributed by atoms with Crippen molar-refractivity contribution in [2.45, 2.75) is 5.44 Å². The molecule has 2 atom stereocenters. The fourth-order valence-electron chi connectivity index (χ4n) is 0.232. The first kappa shape index (κ1) is 9.28. The van der Waals surface area contributed by atoms with Crippen molar-refractivity contribution in [1.29, 1.82) is 0 Å². The first-order chi connectivity index (χ1) is 4.54. The van der Waals surface area contributed by atoms with Crippen molar-refractivity contribution in [1.82, 2.24) is 0 Å². The number of aliphatic carboxylic acids is 1. The van der Waals surface area contributed by atoms with Crippen molar-refractivity contribution in [3.63, 3.8) is 0 Å². The Morgan fingerprint density at radius 3 is 2.40 bits per heavy atom. The van der Waals surface area contributed by atoms with E-state index in [9.17, 15) is 9.00 Å². The van der Waals surface area contributed by atoms with E-state index in [0.29, 0.717) is 6.08 Å². The molecule has 0 aromatic carbocycles. The predicted molar refractivity (Wildman–Crippen MR) is 33.6 cm³/mol. The van der Waals surface area contributed by atoms with Crippen molar-refractivity contribution in [3.8, 4) is 0 Å². The number of aliphatic hydroxyl groups is 1. The Kier molecular flexibility index (Phi) is 3.85. The average molecular weight is 166 g/mol. The van der Waals surface area contributed by atoms with E-state index in [4.69, 9.17) is 14.8 Å². The lowest BCUT2D eigenvalue weighted by molar-refractivity contribution is -0.131. The van der Waals surface area contributed by atoms with E-state index in [1.165, 1.54) is 0 Å². The molecule has 0 bridgehead atoms. The molecule has 0 spiro atoms. The van der Waals surface area contributed by atoms with Crippen LogP contribution in [-0.4, -0.2) is 30.4 Å². The fraction of sp³-hybridized carbons (Fsp3) is 0.250. The maximum Gasteiger partial charge on any atom is 0.328 e. The van der Waals surface area contributed by atoms with Crippen LogP contribution in [0.4, 0.5) is 0 Å². The molecule has 0 saturated heterocycles. The first-order valence-corrected chi connectivity index (χ1v) is 3.40. The SMILES string of the molecule is O=C(O)/C=C/C(O)S(=O)O. The average Bonchev–Trinajstić information content (AvgIpc) is 1.82. The van der Waals surface area contributed by atoms with Gasteiger partial charge in [0, 0.05) is 6.08 Å². The molecule has 0 aromatic rings. The number of carboxylic acid groups (broad SMARTS) is 1. The molecule has 0 saturated carbocycles. The number of hydrogen-bond acceptors (Lipinski definition) is 3. The summed E-state index contributed by atoms with van der Waals surface area (Å²) in [6.45, 7) is 0. The second-order valence-corrected chi connectivity index (χ2v) is 2.40. The van der Waals surface area contributed by atoms with Crippen LogP contribution in [0.3, 0.4) is 0 Å². The molecule has 0 aliphatic heterocycles. The van der Waals surface area contributed by atoms with E-state index in [1.54, 1.807) is 0 Å². The van der Waals surface area contributed by atoms with Gasteiger partial charge in [-0.15, -0.1) is 0 Å². The molecule has 6 heteroatoms. The van der Waals surface area contributed by atoms with Crippen LogP contribution in [-0.2, 0) is 15.9 Å². The van der Waals surface area contributed by atoms with E-state index in [1.807, 2.05) is 0 Å². The fourth-order valence-corrected chi connectivity index (χ4v) is 0.445. The van der Waals surface area contributed by atoms with Crippen LogP contribution in [0.1, 0.15) is 0 Å². The zero-order chi connectivity index (χ0) is 8.15. The maximum atomic E-state index is 9.93. The van der Waals surface area contributed by atoms with Crippen LogP contribution < -0.4 is 0 Å². The molecule has 0 amide bonds. The number of carbonyl (C=O) groups is 1. The van der Waals surface area contributed by atoms with Crippen LogP contribution >= 0.6 is 0 Å². The van der Waals surface area contributed by atoms with E-state index in [0.717, 1.165) is 6.08 Å². The van der Waals surface area contributed by atoms with Crippen molar-refractivity contribution in [2.75, 3.05) is 0 Å². The minimum Gasteiger partial charge on any atom is -0.478 e. The molecule has 10 heavy (non-hydrogen) atoms. The standard InChI is InChI=1S/C4H6O5S/c5-3(6)1-2-4(7)10(8)9/h1-2,4,7H,(H,5,6)(H,8,9)/b2-1+. The number of hydrogen-bond donors (Lipinski definition) is 3. The third-order valence-corrected chi connectivity index (χ3v) is 1.18. The summed E-state index contributed by atoms with van der Waals surface area (Å²) in [7, 11) is 0. The van der Waals surface area contributed by atoms with Crippen molar-refractivity contribution in [3.05, 3.63) is 12.2 Å². The van der Waals surface area contributed by atoms with Gasteiger partial charge in [0.1, 0.15) is 0 Å². The highest BCUT2D eigenvalue weighted by Crippen LogP contribution is 1.89. The molecule has 0 aliphatic rings. The summed E-state index contributed by atoms with van der Waals surface area (Å²) in [6, 6.07) is 0. The smallest absolute Gasteiger partial charge is 0.328 e. The number of rotatable bonds is 3. The molecule has 0 heterocycles. The summed E-state index contributed by atoms with van der Waals surface area (Å²) in [5, 5.41) is 16.4. The van der Waals surface area contributed by atoms with Crippen LogP contribution in [0.15, 0.2) is 12.2 Å². The molecule has 0 aromatic heterocycles. The molecule has 58 valence electrons. The summed E-state index contributed by atoms with van der Waals surface area (Å²) in [4.78, 5) is 9.75. The second kappa shape index (κ2) is 4.15. The Hall–Kier alpha value is -0.720. The Morgan fingerprint density at radius 1 is 1.60 bits per heavy atom. The quantitative estimate of drug-likeness (QED) is 0.375. The second-order valence-electron chi connectivity index (χ2n) is 1.36. The number of carboxylic acids is 1. The summed E-state index contributed by atoms with van der Waals surface area (Å²) in [6.07, 6.45) is 1.32. The van der Waals surface area contributed by atoms with Gasteiger partial charge in [-0.05, 0) is 6.08 Å². The van der Waals surface area contributed by atoms with E-state index in [2.05, 4.69) is 0 Å². The number of aliphatic hydroxyl groups excluding tert-OH is 1. The monoisotopic (exact) mass is 166 g/mol. The highest BCUT2D eigenvalue weighted by atomic mass is 32.2.